The van der Waals surface area contributed by atoms with Crippen molar-refractivity contribution < 1.29 is 9.18 Å². The molecular weight excluding hydrogens is 229 g/mol. The first-order valence-electron chi connectivity index (χ1n) is 6.52. The average Bonchev–Trinajstić information content (AvgIpc) is 2.31. The van der Waals surface area contributed by atoms with E-state index in [0.717, 1.165) is 12.8 Å². The molecule has 0 heterocycles. The number of halogens is 1. The van der Waals surface area contributed by atoms with Gasteiger partial charge < -0.3 is 5.73 Å². The van der Waals surface area contributed by atoms with E-state index in [1.807, 2.05) is 0 Å². The predicted molar refractivity (Wildman–Crippen MR) is 70.0 cm³/mol. The largest absolute Gasteiger partial charge is 0.319 e. The van der Waals surface area contributed by atoms with Crippen molar-refractivity contribution in [2.45, 2.75) is 45.1 Å². The van der Waals surface area contributed by atoms with Gasteiger partial charge in [-0.25, -0.2) is 4.39 Å². The molecule has 2 N–H and O–H groups in total. The van der Waals surface area contributed by atoms with Crippen LogP contribution >= 0.6 is 0 Å². The monoisotopic (exact) mass is 249 g/mol. The summed E-state index contributed by atoms with van der Waals surface area (Å²) in [5.41, 5.74) is 6.38. The van der Waals surface area contributed by atoms with Gasteiger partial charge in [-0.2, -0.15) is 0 Å². The minimum Gasteiger partial charge on any atom is -0.319 e. The van der Waals surface area contributed by atoms with Gasteiger partial charge >= 0.3 is 0 Å². The van der Waals surface area contributed by atoms with Gasteiger partial charge in [-0.05, 0) is 37.3 Å². The van der Waals surface area contributed by atoms with Crippen molar-refractivity contribution in [3.8, 4) is 0 Å². The lowest BCUT2D eigenvalue weighted by molar-refractivity contribution is 0.0819. The molecule has 2 rings (SSSR count). The molecule has 1 aromatic rings. The number of carbonyl (C=O) groups is 1. The first-order valence-corrected chi connectivity index (χ1v) is 6.52. The summed E-state index contributed by atoms with van der Waals surface area (Å²) in [4.78, 5) is 12.4. The molecule has 1 aliphatic carbocycles. The molecule has 2 atom stereocenters. The Labute approximate surface area is 107 Å². The highest BCUT2D eigenvalue weighted by atomic mass is 19.1. The Kier molecular flexibility index (Phi) is 3.53. The van der Waals surface area contributed by atoms with E-state index in [1.54, 1.807) is 19.1 Å². The van der Waals surface area contributed by atoms with Crippen LogP contribution in [0, 0.1) is 18.7 Å². The summed E-state index contributed by atoms with van der Waals surface area (Å²) in [7, 11) is 0. The Hall–Kier alpha value is -1.22. The summed E-state index contributed by atoms with van der Waals surface area (Å²) in [6.45, 7) is 3.80. The molecular formula is C15H20FNO. The van der Waals surface area contributed by atoms with Gasteiger partial charge in [0.2, 0.25) is 0 Å². The zero-order valence-electron chi connectivity index (χ0n) is 11.0. The third-order valence-corrected chi connectivity index (χ3v) is 3.92. The van der Waals surface area contributed by atoms with Gasteiger partial charge in [0.1, 0.15) is 5.82 Å². The molecule has 0 bridgehead atoms. The molecule has 0 saturated heterocycles. The van der Waals surface area contributed by atoms with Gasteiger partial charge in [0.15, 0.2) is 5.78 Å². The first kappa shape index (κ1) is 13.2. The summed E-state index contributed by atoms with van der Waals surface area (Å²) in [5, 5.41) is 0. The number of ketones is 1. The Morgan fingerprint density at radius 1 is 1.50 bits per heavy atom. The molecule has 18 heavy (non-hydrogen) atoms. The molecule has 0 aromatic heterocycles. The smallest absolute Gasteiger partial charge is 0.182 e. The van der Waals surface area contributed by atoms with Crippen LogP contribution < -0.4 is 5.73 Å². The first-order chi connectivity index (χ1) is 8.42. The van der Waals surface area contributed by atoms with E-state index in [-0.39, 0.29) is 11.6 Å². The Balaban J connectivity index is 2.27. The molecule has 0 spiro atoms. The van der Waals surface area contributed by atoms with Crippen molar-refractivity contribution in [1.29, 1.82) is 0 Å². The van der Waals surface area contributed by atoms with Crippen molar-refractivity contribution in [3.63, 3.8) is 0 Å². The van der Waals surface area contributed by atoms with E-state index in [0.29, 0.717) is 29.9 Å². The zero-order chi connectivity index (χ0) is 13.3. The van der Waals surface area contributed by atoms with Crippen molar-refractivity contribution in [2.24, 2.45) is 11.7 Å². The van der Waals surface area contributed by atoms with E-state index in [1.165, 1.54) is 6.07 Å². The zero-order valence-corrected chi connectivity index (χ0v) is 11.0. The van der Waals surface area contributed by atoms with E-state index in [2.05, 4.69) is 6.92 Å². The fourth-order valence-corrected chi connectivity index (χ4v) is 2.82. The molecule has 0 amide bonds. The standard InChI is InChI=1S/C15H20FNO/c1-10-4-3-7-15(17,9-10)14(18)12-6-5-11(2)13(16)8-12/h5-6,8,10H,3-4,7,9,17H2,1-2H3. The third kappa shape index (κ3) is 2.46. The number of hydrogen-bond donors (Lipinski definition) is 1. The highest BCUT2D eigenvalue weighted by Gasteiger charge is 2.38. The number of rotatable bonds is 2. The van der Waals surface area contributed by atoms with Crippen LogP contribution in [0.5, 0.6) is 0 Å². The van der Waals surface area contributed by atoms with Crippen molar-refractivity contribution in [2.75, 3.05) is 0 Å². The summed E-state index contributed by atoms with van der Waals surface area (Å²) < 4.78 is 13.5. The molecule has 2 nitrogen and oxygen atoms in total. The van der Waals surface area contributed by atoms with Crippen LogP contribution in [0.3, 0.4) is 0 Å². The highest BCUT2D eigenvalue weighted by Crippen LogP contribution is 2.33. The van der Waals surface area contributed by atoms with Crippen LogP contribution in [0.15, 0.2) is 18.2 Å². The number of Topliss-reactive ketones (excluding diaryl/α,β-unsaturated/α-hetero) is 1. The molecule has 2 unspecified atom stereocenters. The molecule has 0 aliphatic heterocycles. The van der Waals surface area contributed by atoms with E-state index < -0.39 is 5.54 Å². The van der Waals surface area contributed by atoms with Crippen LogP contribution in [0.25, 0.3) is 0 Å². The lowest BCUT2D eigenvalue weighted by Crippen LogP contribution is -2.51. The fraction of sp³-hybridized carbons (Fsp3) is 0.533. The molecule has 3 heteroatoms. The number of benzene rings is 1. The fourth-order valence-electron chi connectivity index (χ4n) is 2.82. The minimum atomic E-state index is -0.806. The van der Waals surface area contributed by atoms with Gasteiger partial charge in [-0.3, -0.25) is 4.79 Å². The second kappa shape index (κ2) is 4.81. The maximum Gasteiger partial charge on any atom is 0.182 e. The highest BCUT2D eigenvalue weighted by molar-refractivity contribution is 6.03. The Morgan fingerprint density at radius 3 is 2.83 bits per heavy atom. The second-order valence-electron chi connectivity index (χ2n) is 5.65. The third-order valence-electron chi connectivity index (χ3n) is 3.92. The van der Waals surface area contributed by atoms with Crippen molar-refractivity contribution in [3.05, 3.63) is 35.1 Å². The summed E-state index contributed by atoms with van der Waals surface area (Å²) in [6.07, 6.45) is 3.49. The molecule has 1 aromatic carbocycles. The van der Waals surface area contributed by atoms with Gasteiger partial charge in [0.05, 0.1) is 5.54 Å². The lowest BCUT2D eigenvalue weighted by atomic mass is 9.73. The summed E-state index contributed by atoms with van der Waals surface area (Å²) in [5.74, 6) is 0.00394. The number of aryl methyl sites for hydroxylation is 1. The van der Waals surface area contributed by atoms with Gasteiger partial charge in [0.25, 0.3) is 0 Å². The van der Waals surface area contributed by atoms with Gasteiger partial charge in [-0.15, -0.1) is 0 Å². The van der Waals surface area contributed by atoms with Crippen LogP contribution in [0.4, 0.5) is 4.39 Å². The molecule has 1 aliphatic rings. The average molecular weight is 249 g/mol. The number of carbonyl (C=O) groups excluding carboxylic acids is 1. The lowest BCUT2D eigenvalue weighted by Gasteiger charge is -2.35. The van der Waals surface area contributed by atoms with Crippen molar-refractivity contribution in [1.82, 2.24) is 0 Å². The van der Waals surface area contributed by atoms with Crippen LogP contribution in [-0.2, 0) is 0 Å². The maximum absolute atomic E-state index is 13.5. The van der Waals surface area contributed by atoms with Crippen LogP contribution in [0.1, 0.15) is 48.5 Å². The maximum atomic E-state index is 13.5. The Bertz CT molecular complexity index is 472. The minimum absolute atomic E-state index is 0.118. The number of hydrogen-bond acceptors (Lipinski definition) is 2. The summed E-state index contributed by atoms with van der Waals surface area (Å²) >= 11 is 0. The second-order valence-corrected chi connectivity index (χ2v) is 5.65. The predicted octanol–water partition coefficient (Wildman–Crippen LogP) is 3.22. The van der Waals surface area contributed by atoms with E-state index >= 15 is 0 Å². The van der Waals surface area contributed by atoms with Gasteiger partial charge in [-0.1, -0.05) is 31.9 Å². The molecule has 98 valence electrons. The van der Waals surface area contributed by atoms with E-state index in [4.69, 9.17) is 5.73 Å². The van der Waals surface area contributed by atoms with E-state index in [9.17, 15) is 9.18 Å². The van der Waals surface area contributed by atoms with Crippen LogP contribution in [0.2, 0.25) is 0 Å². The Morgan fingerprint density at radius 2 is 2.22 bits per heavy atom. The van der Waals surface area contributed by atoms with Gasteiger partial charge in [0, 0.05) is 5.56 Å². The van der Waals surface area contributed by atoms with Crippen LogP contribution in [-0.4, -0.2) is 11.3 Å². The van der Waals surface area contributed by atoms with Crippen molar-refractivity contribution >= 4 is 5.78 Å². The molecule has 0 radical (unpaired) electrons. The SMILES string of the molecule is Cc1ccc(C(=O)C2(N)CCCC(C)C2)cc1F. The summed E-state index contributed by atoms with van der Waals surface area (Å²) in [6, 6.07) is 4.62. The molecule has 1 fully saturated rings. The number of nitrogens with two attached hydrogens (primary N) is 1. The molecule has 1 saturated carbocycles. The topological polar surface area (TPSA) is 43.1 Å². The normalized spacial score (nSPS) is 28.1. The quantitative estimate of drug-likeness (QED) is 0.818.